The van der Waals surface area contributed by atoms with Gasteiger partial charge in [0.05, 0.1) is 11.4 Å². The first kappa shape index (κ1) is 18.7. The van der Waals surface area contributed by atoms with E-state index in [0.717, 1.165) is 37.6 Å². The number of hydrogen-bond donors (Lipinski definition) is 2. The summed E-state index contributed by atoms with van der Waals surface area (Å²) in [5.41, 5.74) is 1.31. The molecule has 1 atom stereocenters. The molecule has 0 spiro atoms. The quantitative estimate of drug-likeness (QED) is 0.626. The molecular formula is C17H28N4O2S. The van der Waals surface area contributed by atoms with Crippen molar-refractivity contribution in [1.29, 1.82) is 0 Å². The molecule has 1 aromatic rings. The van der Waals surface area contributed by atoms with Gasteiger partial charge in [-0.25, -0.2) is 18.5 Å². The number of nitrogens with one attached hydrogen (secondary N) is 1. The van der Waals surface area contributed by atoms with Crippen molar-refractivity contribution in [2.75, 3.05) is 19.6 Å². The molecule has 24 heavy (non-hydrogen) atoms. The molecule has 0 aromatic heterocycles. The van der Waals surface area contributed by atoms with Gasteiger partial charge in [-0.2, -0.15) is 0 Å². The minimum absolute atomic E-state index is 0.125. The monoisotopic (exact) mass is 352 g/mol. The van der Waals surface area contributed by atoms with Gasteiger partial charge in [-0.3, -0.25) is 0 Å². The number of benzene rings is 1. The number of primary sulfonamides is 1. The summed E-state index contributed by atoms with van der Waals surface area (Å²) in [4.78, 5) is 7.14. The molecule has 0 saturated carbocycles. The van der Waals surface area contributed by atoms with Crippen LogP contribution in [0.4, 0.5) is 0 Å². The van der Waals surface area contributed by atoms with Gasteiger partial charge < -0.3 is 10.2 Å². The summed E-state index contributed by atoms with van der Waals surface area (Å²) in [6.07, 6.45) is 2.34. The predicted octanol–water partition coefficient (Wildman–Crippen LogP) is 1.92. The highest BCUT2D eigenvalue weighted by atomic mass is 32.2. The van der Waals surface area contributed by atoms with Crippen LogP contribution < -0.4 is 10.5 Å². The topological polar surface area (TPSA) is 87.8 Å². The van der Waals surface area contributed by atoms with E-state index >= 15 is 0 Å². The van der Waals surface area contributed by atoms with Gasteiger partial charge in [0.15, 0.2) is 5.96 Å². The number of guanidine groups is 1. The SMILES string of the molecule is CCNC(=NCc1ccc(S(N)(=O)=O)cc1)N1CCC(C)(CC)C1. The Hall–Kier alpha value is -1.60. The summed E-state index contributed by atoms with van der Waals surface area (Å²) in [6.45, 7) is 9.98. The molecular weight excluding hydrogens is 324 g/mol. The Labute approximate surface area is 145 Å². The molecule has 6 nitrogen and oxygen atoms in total. The number of aliphatic imine (C=N–C) groups is 1. The van der Waals surface area contributed by atoms with Gasteiger partial charge in [-0.05, 0) is 42.9 Å². The molecule has 134 valence electrons. The number of hydrogen-bond acceptors (Lipinski definition) is 3. The van der Waals surface area contributed by atoms with Crippen molar-refractivity contribution in [2.45, 2.75) is 45.1 Å². The van der Waals surface area contributed by atoms with Crippen molar-refractivity contribution in [3.8, 4) is 0 Å². The molecule has 0 radical (unpaired) electrons. The van der Waals surface area contributed by atoms with E-state index in [4.69, 9.17) is 10.1 Å². The molecule has 1 aromatic carbocycles. The van der Waals surface area contributed by atoms with Gasteiger partial charge in [0.1, 0.15) is 0 Å². The van der Waals surface area contributed by atoms with Crippen molar-refractivity contribution < 1.29 is 8.42 Å². The zero-order chi connectivity index (χ0) is 17.8. The van der Waals surface area contributed by atoms with E-state index in [1.54, 1.807) is 12.1 Å². The van der Waals surface area contributed by atoms with Gasteiger partial charge in [0, 0.05) is 19.6 Å². The minimum atomic E-state index is -3.64. The average molecular weight is 353 g/mol. The third kappa shape index (κ3) is 4.70. The smallest absolute Gasteiger partial charge is 0.238 e. The first-order chi connectivity index (χ1) is 11.3. The lowest BCUT2D eigenvalue weighted by atomic mass is 9.87. The van der Waals surface area contributed by atoms with Crippen molar-refractivity contribution in [2.24, 2.45) is 15.5 Å². The van der Waals surface area contributed by atoms with E-state index in [0.29, 0.717) is 12.0 Å². The highest BCUT2D eigenvalue weighted by Crippen LogP contribution is 2.32. The van der Waals surface area contributed by atoms with Crippen molar-refractivity contribution in [3.63, 3.8) is 0 Å². The summed E-state index contributed by atoms with van der Waals surface area (Å²) < 4.78 is 22.6. The van der Waals surface area contributed by atoms with Crippen molar-refractivity contribution in [3.05, 3.63) is 29.8 Å². The summed E-state index contributed by atoms with van der Waals surface area (Å²) in [5.74, 6) is 0.921. The number of rotatable bonds is 5. The van der Waals surface area contributed by atoms with Crippen LogP contribution in [-0.2, 0) is 16.6 Å². The van der Waals surface area contributed by atoms with E-state index in [1.165, 1.54) is 18.6 Å². The largest absolute Gasteiger partial charge is 0.357 e. The molecule has 1 aliphatic rings. The molecule has 2 rings (SSSR count). The summed E-state index contributed by atoms with van der Waals surface area (Å²) in [5, 5.41) is 8.47. The zero-order valence-electron chi connectivity index (χ0n) is 14.7. The highest BCUT2D eigenvalue weighted by Gasteiger charge is 2.33. The average Bonchev–Trinajstić information content (AvgIpc) is 2.94. The van der Waals surface area contributed by atoms with Crippen LogP contribution in [0, 0.1) is 5.41 Å². The molecule has 0 bridgehead atoms. The van der Waals surface area contributed by atoms with Crippen molar-refractivity contribution in [1.82, 2.24) is 10.2 Å². The number of sulfonamides is 1. The molecule has 3 N–H and O–H groups in total. The van der Waals surface area contributed by atoms with Crippen LogP contribution in [-0.4, -0.2) is 38.9 Å². The fraction of sp³-hybridized carbons (Fsp3) is 0.588. The molecule has 0 aliphatic carbocycles. The minimum Gasteiger partial charge on any atom is -0.357 e. The van der Waals surface area contributed by atoms with Crippen LogP contribution in [0.1, 0.15) is 39.2 Å². The number of nitrogens with two attached hydrogens (primary N) is 1. The maximum Gasteiger partial charge on any atom is 0.238 e. The lowest BCUT2D eigenvalue weighted by Gasteiger charge is -2.25. The third-order valence-electron chi connectivity index (χ3n) is 4.71. The summed E-state index contributed by atoms with van der Waals surface area (Å²) in [6, 6.07) is 6.56. The van der Waals surface area contributed by atoms with E-state index in [2.05, 4.69) is 31.0 Å². The van der Waals surface area contributed by atoms with E-state index in [-0.39, 0.29) is 4.90 Å². The number of nitrogens with zero attached hydrogens (tertiary/aromatic N) is 2. The Bertz CT molecular complexity index is 685. The summed E-state index contributed by atoms with van der Waals surface area (Å²) in [7, 11) is -3.64. The predicted molar refractivity (Wildman–Crippen MR) is 97.2 cm³/mol. The Morgan fingerprint density at radius 1 is 1.33 bits per heavy atom. The maximum atomic E-state index is 11.3. The Kier molecular flexibility index (Phi) is 5.87. The van der Waals surface area contributed by atoms with Gasteiger partial charge in [-0.1, -0.05) is 26.0 Å². The van der Waals surface area contributed by atoms with Gasteiger partial charge >= 0.3 is 0 Å². The van der Waals surface area contributed by atoms with E-state index in [1.807, 2.05) is 0 Å². The fourth-order valence-electron chi connectivity index (χ4n) is 2.87. The number of likely N-dealkylation sites (tertiary alicyclic amines) is 1. The maximum absolute atomic E-state index is 11.3. The first-order valence-electron chi connectivity index (χ1n) is 8.42. The van der Waals surface area contributed by atoms with E-state index < -0.39 is 10.0 Å². The Morgan fingerprint density at radius 2 is 2.00 bits per heavy atom. The van der Waals surface area contributed by atoms with Gasteiger partial charge in [-0.15, -0.1) is 0 Å². The van der Waals surface area contributed by atoms with Crippen LogP contribution >= 0.6 is 0 Å². The fourth-order valence-corrected chi connectivity index (χ4v) is 3.39. The zero-order valence-corrected chi connectivity index (χ0v) is 15.6. The van der Waals surface area contributed by atoms with Crippen molar-refractivity contribution >= 4 is 16.0 Å². The highest BCUT2D eigenvalue weighted by molar-refractivity contribution is 7.89. The molecule has 7 heteroatoms. The molecule has 1 heterocycles. The third-order valence-corrected chi connectivity index (χ3v) is 5.64. The molecule has 1 unspecified atom stereocenters. The second-order valence-electron chi connectivity index (χ2n) is 6.69. The second kappa shape index (κ2) is 7.53. The molecule has 1 saturated heterocycles. The first-order valence-corrected chi connectivity index (χ1v) is 9.97. The Balaban J connectivity index is 2.09. The van der Waals surface area contributed by atoms with Crippen LogP contribution in [0.15, 0.2) is 34.2 Å². The standard InChI is InChI=1S/C17H28N4O2S/c1-4-17(3)10-11-21(13-17)16(19-5-2)20-12-14-6-8-15(9-7-14)24(18,22)23/h6-9H,4-5,10-13H2,1-3H3,(H,19,20)(H2,18,22,23). The lowest BCUT2D eigenvalue weighted by molar-refractivity contribution is 0.322. The Morgan fingerprint density at radius 3 is 2.50 bits per heavy atom. The van der Waals surface area contributed by atoms with Crippen LogP contribution in [0.2, 0.25) is 0 Å². The second-order valence-corrected chi connectivity index (χ2v) is 8.26. The van der Waals surface area contributed by atoms with Crippen LogP contribution in [0.3, 0.4) is 0 Å². The normalized spacial score (nSPS) is 22.0. The lowest BCUT2D eigenvalue weighted by Crippen LogP contribution is -2.41. The molecule has 1 fully saturated rings. The molecule has 0 amide bonds. The van der Waals surface area contributed by atoms with Crippen LogP contribution in [0.25, 0.3) is 0 Å². The van der Waals surface area contributed by atoms with Gasteiger partial charge in [0.25, 0.3) is 0 Å². The van der Waals surface area contributed by atoms with E-state index in [9.17, 15) is 8.42 Å². The van der Waals surface area contributed by atoms with Gasteiger partial charge in [0.2, 0.25) is 10.0 Å². The summed E-state index contributed by atoms with van der Waals surface area (Å²) >= 11 is 0. The molecule has 1 aliphatic heterocycles. The van der Waals surface area contributed by atoms with Crippen LogP contribution in [0.5, 0.6) is 0 Å².